The van der Waals surface area contributed by atoms with E-state index in [0.29, 0.717) is 18.0 Å². The lowest BCUT2D eigenvalue weighted by molar-refractivity contribution is 0.0160. The van der Waals surface area contributed by atoms with E-state index in [1.165, 1.54) is 0 Å². The van der Waals surface area contributed by atoms with Crippen molar-refractivity contribution in [2.24, 2.45) is 11.3 Å². The summed E-state index contributed by atoms with van der Waals surface area (Å²) in [5.74, 6) is 0.749. The second-order valence-electron chi connectivity index (χ2n) is 8.21. The molecule has 4 heteroatoms. The molecule has 0 aromatic heterocycles. The van der Waals surface area contributed by atoms with Gasteiger partial charge in [-0.3, -0.25) is 4.79 Å². The van der Waals surface area contributed by atoms with Gasteiger partial charge >= 0.3 is 0 Å². The predicted molar refractivity (Wildman–Crippen MR) is 108 cm³/mol. The third kappa shape index (κ3) is 4.51. The molecule has 2 aromatic rings. The molecule has 0 bridgehead atoms. The third-order valence-corrected chi connectivity index (χ3v) is 5.44. The Kier molecular flexibility index (Phi) is 5.85. The maximum Gasteiger partial charge on any atom is 0.253 e. The molecule has 1 amide bonds. The van der Waals surface area contributed by atoms with Crippen molar-refractivity contribution in [2.75, 3.05) is 19.7 Å². The smallest absolute Gasteiger partial charge is 0.253 e. The van der Waals surface area contributed by atoms with Crippen molar-refractivity contribution in [3.05, 3.63) is 54.1 Å². The number of phenols is 1. The fraction of sp³-hybridized carbons (Fsp3) is 0.435. The summed E-state index contributed by atoms with van der Waals surface area (Å²) in [7, 11) is 0. The number of piperidine rings is 1. The van der Waals surface area contributed by atoms with Crippen LogP contribution in [0.1, 0.15) is 43.5 Å². The Hall–Kier alpha value is -2.33. The van der Waals surface area contributed by atoms with E-state index < -0.39 is 0 Å². The number of aliphatic hydroxyl groups is 1. The van der Waals surface area contributed by atoms with Crippen molar-refractivity contribution in [2.45, 2.75) is 33.1 Å². The Morgan fingerprint density at radius 2 is 1.89 bits per heavy atom. The Morgan fingerprint density at radius 1 is 1.15 bits per heavy atom. The first-order valence-corrected chi connectivity index (χ1v) is 9.72. The molecule has 144 valence electrons. The van der Waals surface area contributed by atoms with Crippen molar-refractivity contribution in [3.63, 3.8) is 0 Å². The molecule has 0 radical (unpaired) electrons. The van der Waals surface area contributed by atoms with Crippen LogP contribution >= 0.6 is 0 Å². The van der Waals surface area contributed by atoms with Crippen LogP contribution < -0.4 is 0 Å². The van der Waals surface area contributed by atoms with Crippen molar-refractivity contribution in [1.29, 1.82) is 0 Å². The number of hydrogen-bond donors (Lipinski definition) is 2. The van der Waals surface area contributed by atoms with Crippen molar-refractivity contribution in [3.8, 4) is 16.9 Å². The fourth-order valence-corrected chi connectivity index (χ4v) is 4.28. The molecule has 4 nitrogen and oxygen atoms in total. The van der Waals surface area contributed by atoms with Crippen LogP contribution in [0.15, 0.2) is 48.5 Å². The van der Waals surface area contributed by atoms with E-state index >= 15 is 0 Å². The van der Waals surface area contributed by atoms with Gasteiger partial charge in [0, 0.05) is 24.1 Å². The lowest BCUT2D eigenvalue weighted by Crippen LogP contribution is -2.48. The van der Waals surface area contributed by atoms with Crippen LogP contribution in [0, 0.1) is 11.3 Å². The normalized spacial score (nSPS) is 20.1. The van der Waals surface area contributed by atoms with Crippen LogP contribution in [0.4, 0.5) is 0 Å². The van der Waals surface area contributed by atoms with Gasteiger partial charge in [-0.15, -0.1) is 0 Å². The first kappa shape index (κ1) is 19.4. The van der Waals surface area contributed by atoms with Crippen LogP contribution in [0.2, 0.25) is 0 Å². The zero-order valence-electron chi connectivity index (χ0n) is 16.2. The molecule has 1 heterocycles. The van der Waals surface area contributed by atoms with E-state index in [2.05, 4.69) is 13.8 Å². The number of aromatic hydroxyl groups is 1. The molecule has 0 aliphatic carbocycles. The van der Waals surface area contributed by atoms with Gasteiger partial charge in [-0.05, 0) is 60.6 Å². The summed E-state index contributed by atoms with van der Waals surface area (Å²) in [6.07, 6.45) is 2.84. The largest absolute Gasteiger partial charge is 0.508 e. The summed E-state index contributed by atoms with van der Waals surface area (Å²) in [6.45, 7) is 5.82. The van der Waals surface area contributed by atoms with E-state index in [0.717, 1.165) is 36.9 Å². The van der Waals surface area contributed by atoms with Crippen molar-refractivity contribution >= 4 is 5.91 Å². The van der Waals surface area contributed by atoms with Gasteiger partial charge in [-0.1, -0.05) is 38.1 Å². The molecule has 2 aromatic carbocycles. The van der Waals surface area contributed by atoms with Gasteiger partial charge in [0.15, 0.2) is 0 Å². The highest BCUT2D eigenvalue weighted by Gasteiger charge is 2.37. The highest BCUT2D eigenvalue weighted by molar-refractivity contribution is 5.94. The SMILES string of the molecule is CC(C)C[C@]1(CO)CCCN(C(=O)c2ccc(-c3cccc(O)c3)cc2)C1. The van der Waals surface area contributed by atoms with Crippen LogP contribution in [0.3, 0.4) is 0 Å². The number of rotatable bonds is 5. The zero-order valence-corrected chi connectivity index (χ0v) is 16.2. The average molecular weight is 367 g/mol. The lowest BCUT2D eigenvalue weighted by atomic mass is 9.74. The highest BCUT2D eigenvalue weighted by Crippen LogP contribution is 2.36. The molecule has 0 spiro atoms. The molecule has 27 heavy (non-hydrogen) atoms. The van der Waals surface area contributed by atoms with Crippen LogP contribution in [-0.4, -0.2) is 40.7 Å². The maximum atomic E-state index is 13.0. The van der Waals surface area contributed by atoms with E-state index in [1.54, 1.807) is 18.2 Å². The standard InChI is InChI=1S/C23H29NO3/c1-17(2)14-23(16-25)11-4-12-24(15-23)22(27)19-9-7-18(8-10-19)20-5-3-6-21(26)13-20/h3,5-10,13,17,25-26H,4,11-12,14-16H2,1-2H3/t23-/m1/s1. The van der Waals surface area contributed by atoms with E-state index in [-0.39, 0.29) is 23.7 Å². The van der Waals surface area contributed by atoms with Gasteiger partial charge in [-0.2, -0.15) is 0 Å². The molecule has 3 rings (SSSR count). The Morgan fingerprint density at radius 3 is 2.52 bits per heavy atom. The first-order chi connectivity index (χ1) is 12.9. The van der Waals surface area contributed by atoms with Gasteiger partial charge in [0.25, 0.3) is 5.91 Å². The topological polar surface area (TPSA) is 60.8 Å². The fourth-order valence-electron chi connectivity index (χ4n) is 4.28. The third-order valence-electron chi connectivity index (χ3n) is 5.44. The lowest BCUT2D eigenvalue weighted by Gasteiger charge is -2.43. The number of likely N-dealkylation sites (tertiary alicyclic amines) is 1. The number of benzene rings is 2. The minimum atomic E-state index is -0.177. The summed E-state index contributed by atoms with van der Waals surface area (Å²) in [5.41, 5.74) is 2.37. The average Bonchev–Trinajstić information content (AvgIpc) is 2.67. The molecule has 2 N–H and O–H groups in total. The molecule has 1 atom stereocenters. The summed E-state index contributed by atoms with van der Waals surface area (Å²) in [4.78, 5) is 14.9. The highest BCUT2D eigenvalue weighted by atomic mass is 16.3. The molecule has 1 fully saturated rings. The molecule has 0 saturated carbocycles. The maximum absolute atomic E-state index is 13.0. The molecular weight excluding hydrogens is 338 g/mol. The molecule has 1 saturated heterocycles. The summed E-state index contributed by atoms with van der Waals surface area (Å²) in [6, 6.07) is 14.6. The molecular formula is C23H29NO3. The van der Waals surface area contributed by atoms with Gasteiger partial charge < -0.3 is 15.1 Å². The van der Waals surface area contributed by atoms with Crippen molar-refractivity contribution < 1.29 is 15.0 Å². The van der Waals surface area contributed by atoms with Crippen LogP contribution in [-0.2, 0) is 0 Å². The quantitative estimate of drug-likeness (QED) is 0.827. The number of nitrogens with zero attached hydrogens (tertiary/aromatic N) is 1. The molecule has 1 aliphatic rings. The second kappa shape index (κ2) is 8.13. The van der Waals surface area contributed by atoms with Crippen molar-refractivity contribution in [1.82, 2.24) is 4.90 Å². The van der Waals surface area contributed by atoms with Gasteiger partial charge in [-0.25, -0.2) is 0 Å². The summed E-state index contributed by atoms with van der Waals surface area (Å²) in [5, 5.41) is 19.6. The minimum absolute atomic E-state index is 0.0266. The van der Waals surface area contributed by atoms with Crippen LogP contribution in [0.25, 0.3) is 11.1 Å². The van der Waals surface area contributed by atoms with Gasteiger partial charge in [0.2, 0.25) is 0 Å². The second-order valence-corrected chi connectivity index (χ2v) is 8.21. The summed E-state index contributed by atoms with van der Waals surface area (Å²) >= 11 is 0. The number of phenolic OH excluding ortho intramolecular Hbond substituents is 1. The van der Waals surface area contributed by atoms with Gasteiger partial charge in [0.05, 0.1) is 6.61 Å². The van der Waals surface area contributed by atoms with E-state index in [9.17, 15) is 15.0 Å². The summed E-state index contributed by atoms with van der Waals surface area (Å²) < 4.78 is 0. The monoisotopic (exact) mass is 367 g/mol. The number of carbonyl (C=O) groups excluding carboxylic acids is 1. The Labute approximate surface area is 161 Å². The predicted octanol–water partition coefficient (Wildman–Crippen LogP) is 4.32. The molecule has 0 unspecified atom stereocenters. The number of hydrogen-bond acceptors (Lipinski definition) is 3. The van der Waals surface area contributed by atoms with E-state index in [4.69, 9.17) is 0 Å². The Balaban J connectivity index is 1.75. The number of carbonyl (C=O) groups is 1. The Bertz CT molecular complexity index is 784. The zero-order chi connectivity index (χ0) is 19.4. The van der Waals surface area contributed by atoms with Gasteiger partial charge in [0.1, 0.15) is 5.75 Å². The minimum Gasteiger partial charge on any atom is -0.508 e. The first-order valence-electron chi connectivity index (χ1n) is 9.72. The number of aliphatic hydroxyl groups excluding tert-OH is 1. The molecule has 1 aliphatic heterocycles. The van der Waals surface area contributed by atoms with E-state index in [1.807, 2.05) is 35.2 Å². The van der Waals surface area contributed by atoms with Crippen LogP contribution in [0.5, 0.6) is 5.75 Å². The number of amides is 1.